The maximum Gasteiger partial charge on any atom is 0.408 e. The van der Waals surface area contributed by atoms with Crippen molar-refractivity contribution in [3.05, 3.63) is 54.2 Å². The van der Waals surface area contributed by atoms with Gasteiger partial charge in [-0.3, -0.25) is 0 Å². The summed E-state index contributed by atoms with van der Waals surface area (Å²) in [5.74, 6) is 7.16. The Kier molecular flexibility index (Phi) is 8.16. The predicted molar refractivity (Wildman–Crippen MR) is 148 cm³/mol. The molecule has 1 fully saturated rings. The van der Waals surface area contributed by atoms with Crippen LogP contribution in [-0.4, -0.2) is 64.7 Å². The molecular formula is C28H33N7O3. The van der Waals surface area contributed by atoms with Gasteiger partial charge in [0.15, 0.2) is 12.4 Å². The number of rotatable bonds is 4. The zero-order valence-corrected chi connectivity index (χ0v) is 21.9. The molecule has 0 aliphatic carbocycles. The topological polar surface area (TPSA) is 130 Å². The molecular weight excluding hydrogens is 482 g/mol. The van der Waals surface area contributed by atoms with Crippen LogP contribution in [0.5, 0.6) is 5.75 Å². The first kappa shape index (κ1) is 26.5. The first-order valence-corrected chi connectivity index (χ1v) is 12.5. The van der Waals surface area contributed by atoms with Gasteiger partial charge in [0.05, 0.1) is 11.4 Å². The Balaban J connectivity index is 1.41. The third kappa shape index (κ3) is 7.03. The second-order valence-electron chi connectivity index (χ2n) is 9.98. The number of benzene rings is 1. The van der Waals surface area contributed by atoms with Gasteiger partial charge in [-0.2, -0.15) is 0 Å². The fourth-order valence-electron chi connectivity index (χ4n) is 4.09. The van der Waals surface area contributed by atoms with Gasteiger partial charge in [-0.15, -0.1) is 10.2 Å². The number of carbonyl (C=O) groups is 1. The van der Waals surface area contributed by atoms with Crippen molar-refractivity contribution >= 4 is 23.4 Å². The van der Waals surface area contributed by atoms with Crippen LogP contribution in [0.15, 0.2) is 48.5 Å². The number of ether oxygens (including phenoxy) is 1. The first-order chi connectivity index (χ1) is 18.2. The quantitative estimate of drug-likeness (QED) is 0.448. The maximum absolute atomic E-state index is 11.8. The molecule has 1 amide bonds. The fourth-order valence-corrected chi connectivity index (χ4v) is 4.09. The number of nitrogens with one attached hydrogen (secondary N) is 1. The van der Waals surface area contributed by atoms with Crippen molar-refractivity contribution in [3.8, 4) is 28.8 Å². The van der Waals surface area contributed by atoms with Crippen molar-refractivity contribution < 1.29 is 14.6 Å². The molecule has 1 aliphatic rings. The van der Waals surface area contributed by atoms with Crippen LogP contribution in [0.3, 0.4) is 0 Å². The average Bonchev–Trinajstić information content (AvgIpc) is 3.13. The summed E-state index contributed by atoms with van der Waals surface area (Å²) >= 11 is 0. The fraction of sp³-hybridized carbons (Fsp3) is 0.357. The lowest BCUT2D eigenvalue weighted by Gasteiger charge is -2.25. The molecule has 4 rings (SSSR count). The van der Waals surface area contributed by atoms with Crippen molar-refractivity contribution in [3.63, 3.8) is 0 Å². The third-order valence-corrected chi connectivity index (χ3v) is 5.85. The van der Waals surface area contributed by atoms with Crippen molar-refractivity contribution in [2.24, 2.45) is 0 Å². The van der Waals surface area contributed by atoms with Crippen LogP contribution in [0.2, 0.25) is 0 Å². The van der Waals surface area contributed by atoms with Gasteiger partial charge < -0.3 is 30.7 Å². The SMILES string of the molecule is CC(C)(C)NC(=O)OCC#Cc1cccc(N2CCCN(c3cc(-c4ccccc4O)nnc3N)CC2)n1. The lowest BCUT2D eigenvalue weighted by atomic mass is 10.1. The highest BCUT2D eigenvalue weighted by atomic mass is 16.5. The molecule has 0 bridgehead atoms. The number of nitrogen functional groups attached to an aromatic ring is 1. The van der Waals surface area contributed by atoms with E-state index in [1.54, 1.807) is 18.2 Å². The summed E-state index contributed by atoms with van der Waals surface area (Å²) < 4.78 is 5.11. The first-order valence-electron chi connectivity index (χ1n) is 12.5. The number of phenolic OH excluding ortho intramolecular Hbond substituents is 1. The molecule has 1 aliphatic heterocycles. The normalized spacial score (nSPS) is 13.8. The number of anilines is 3. The van der Waals surface area contributed by atoms with E-state index < -0.39 is 6.09 Å². The Morgan fingerprint density at radius 2 is 1.84 bits per heavy atom. The van der Waals surface area contributed by atoms with E-state index >= 15 is 0 Å². The Morgan fingerprint density at radius 1 is 1.08 bits per heavy atom. The summed E-state index contributed by atoms with van der Waals surface area (Å²) in [6.45, 7) is 8.69. The molecule has 10 heteroatoms. The highest BCUT2D eigenvalue weighted by Crippen LogP contribution is 2.31. The number of aromatic hydroxyl groups is 1. The Hall–Kier alpha value is -4.52. The number of pyridine rings is 1. The molecule has 0 spiro atoms. The summed E-state index contributed by atoms with van der Waals surface area (Å²) in [6, 6.07) is 14.6. The molecule has 0 radical (unpaired) electrons. The highest BCUT2D eigenvalue weighted by Gasteiger charge is 2.20. The van der Waals surface area contributed by atoms with Gasteiger partial charge >= 0.3 is 6.09 Å². The van der Waals surface area contributed by atoms with Crippen LogP contribution in [0.4, 0.5) is 22.1 Å². The minimum atomic E-state index is -0.500. The Labute approximate surface area is 222 Å². The number of alkyl carbamates (subject to hydrolysis) is 1. The van der Waals surface area contributed by atoms with E-state index in [9.17, 15) is 9.90 Å². The van der Waals surface area contributed by atoms with Crippen molar-refractivity contribution in [1.82, 2.24) is 20.5 Å². The van der Waals surface area contributed by atoms with E-state index in [0.717, 1.165) is 37.6 Å². The third-order valence-electron chi connectivity index (χ3n) is 5.85. The molecule has 3 heterocycles. The molecule has 198 valence electrons. The van der Waals surface area contributed by atoms with Crippen LogP contribution in [0, 0.1) is 11.8 Å². The largest absolute Gasteiger partial charge is 0.507 e. The molecule has 2 aromatic heterocycles. The van der Waals surface area contributed by atoms with E-state index in [1.807, 2.05) is 51.1 Å². The second-order valence-corrected chi connectivity index (χ2v) is 9.98. The molecule has 1 saturated heterocycles. The van der Waals surface area contributed by atoms with E-state index in [-0.39, 0.29) is 17.9 Å². The van der Waals surface area contributed by atoms with Gasteiger partial charge in [0.2, 0.25) is 0 Å². The lowest BCUT2D eigenvalue weighted by molar-refractivity contribution is 0.151. The zero-order chi connectivity index (χ0) is 27.1. The summed E-state index contributed by atoms with van der Waals surface area (Å²) in [5, 5.41) is 21.3. The van der Waals surface area contributed by atoms with E-state index in [2.05, 4.69) is 37.2 Å². The van der Waals surface area contributed by atoms with Crippen LogP contribution in [0.1, 0.15) is 32.9 Å². The molecule has 1 aromatic carbocycles. The number of nitrogens with two attached hydrogens (primary N) is 1. The average molecular weight is 516 g/mol. The molecule has 10 nitrogen and oxygen atoms in total. The second kappa shape index (κ2) is 11.7. The minimum Gasteiger partial charge on any atom is -0.507 e. The van der Waals surface area contributed by atoms with Crippen molar-refractivity contribution in [2.75, 3.05) is 48.3 Å². The Bertz CT molecular complexity index is 1340. The van der Waals surface area contributed by atoms with Gasteiger partial charge in [0.25, 0.3) is 0 Å². The molecule has 0 unspecified atom stereocenters. The van der Waals surface area contributed by atoms with Crippen LogP contribution >= 0.6 is 0 Å². The maximum atomic E-state index is 11.8. The molecule has 0 saturated carbocycles. The monoisotopic (exact) mass is 515 g/mol. The van der Waals surface area contributed by atoms with E-state index in [4.69, 9.17) is 15.5 Å². The molecule has 4 N–H and O–H groups in total. The summed E-state index contributed by atoms with van der Waals surface area (Å²) in [5.41, 5.74) is 8.43. The predicted octanol–water partition coefficient (Wildman–Crippen LogP) is 3.42. The lowest BCUT2D eigenvalue weighted by Crippen LogP contribution is -2.40. The number of amides is 1. The van der Waals surface area contributed by atoms with E-state index in [1.165, 1.54) is 0 Å². The van der Waals surface area contributed by atoms with E-state index in [0.29, 0.717) is 29.3 Å². The van der Waals surface area contributed by atoms with Crippen molar-refractivity contribution in [2.45, 2.75) is 32.7 Å². The number of aromatic nitrogens is 3. The van der Waals surface area contributed by atoms with Gasteiger partial charge in [-0.05, 0) is 63.4 Å². The molecule has 38 heavy (non-hydrogen) atoms. The van der Waals surface area contributed by atoms with Gasteiger partial charge in [0.1, 0.15) is 17.3 Å². The standard InChI is InChI=1S/C28H33N7O3/c1-28(2,3)31-27(37)38-18-7-10-20-9-6-13-25(30-20)35-15-8-14-34(16-17-35)23-19-22(32-33-26(23)29)21-11-4-5-12-24(21)36/h4-6,9,11-13,19,36H,8,14-18H2,1-3H3,(H2,29,33)(H,31,37). The van der Waals surface area contributed by atoms with Gasteiger partial charge in [0, 0.05) is 37.3 Å². The molecule has 0 atom stereocenters. The summed E-state index contributed by atoms with van der Waals surface area (Å²) in [6.07, 6.45) is 0.391. The number of hydrogen-bond donors (Lipinski definition) is 3. The Morgan fingerprint density at radius 3 is 2.63 bits per heavy atom. The number of carbonyl (C=O) groups excluding carboxylic acids is 1. The summed E-state index contributed by atoms with van der Waals surface area (Å²) in [4.78, 5) is 20.9. The van der Waals surface area contributed by atoms with Crippen molar-refractivity contribution in [1.29, 1.82) is 0 Å². The minimum absolute atomic E-state index is 0.0172. The number of phenols is 1. The summed E-state index contributed by atoms with van der Waals surface area (Å²) in [7, 11) is 0. The van der Waals surface area contributed by atoms with Crippen LogP contribution < -0.4 is 20.9 Å². The van der Waals surface area contributed by atoms with Crippen LogP contribution in [0.25, 0.3) is 11.3 Å². The van der Waals surface area contributed by atoms with Gasteiger partial charge in [-0.1, -0.05) is 24.1 Å². The highest BCUT2D eigenvalue weighted by molar-refractivity contribution is 5.74. The number of hydrogen-bond acceptors (Lipinski definition) is 9. The van der Waals surface area contributed by atoms with Gasteiger partial charge in [-0.25, -0.2) is 9.78 Å². The smallest absolute Gasteiger partial charge is 0.408 e. The number of para-hydroxylation sites is 1. The zero-order valence-electron chi connectivity index (χ0n) is 21.9. The van der Waals surface area contributed by atoms with Crippen LogP contribution in [-0.2, 0) is 4.74 Å². The molecule has 3 aromatic rings. The number of nitrogens with zero attached hydrogens (tertiary/aromatic N) is 5.